The van der Waals surface area contributed by atoms with Crippen molar-refractivity contribution in [1.29, 1.82) is 0 Å². The zero-order valence-corrected chi connectivity index (χ0v) is 21.2. The van der Waals surface area contributed by atoms with E-state index >= 15 is 0 Å². The van der Waals surface area contributed by atoms with Crippen molar-refractivity contribution < 1.29 is 9.32 Å². The number of nitrogens with zero attached hydrogens (tertiary/aromatic N) is 4. The van der Waals surface area contributed by atoms with E-state index in [9.17, 15) is 4.79 Å². The topological polar surface area (TPSA) is 62.5 Å². The fourth-order valence-electron chi connectivity index (χ4n) is 4.40. The zero-order valence-electron chi connectivity index (χ0n) is 20.3. The smallest absolute Gasteiger partial charge is 0.254 e. The second kappa shape index (κ2) is 11.2. The van der Waals surface area contributed by atoms with Crippen LogP contribution in [0.3, 0.4) is 0 Å². The van der Waals surface area contributed by atoms with Gasteiger partial charge >= 0.3 is 0 Å². The third kappa shape index (κ3) is 6.27. The molecule has 180 valence electrons. The van der Waals surface area contributed by atoms with E-state index in [1.165, 1.54) is 6.42 Å². The molecule has 34 heavy (non-hydrogen) atoms. The lowest BCUT2D eigenvalue weighted by molar-refractivity contribution is 0.0546. The Hall–Kier alpha value is -2.64. The van der Waals surface area contributed by atoms with Gasteiger partial charge in [-0.15, -0.1) is 12.6 Å². The Bertz CT molecular complexity index is 1070. The van der Waals surface area contributed by atoms with Crippen molar-refractivity contribution in [2.24, 2.45) is 5.92 Å². The van der Waals surface area contributed by atoms with E-state index in [1.54, 1.807) is 6.92 Å². The predicted octanol–water partition coefficient (Wildman–Crippen LogP) is 5.49. The summed E-state index contributed by atoms with van der Waals surface area (Å²) < 4.78 is 5.10. The van der Waals surface area contributed by atoms with E-state index in [0.29, 0.717) is 29.7 Å². The van der Waals surface area contributed by atoms with Gasteiger partial charge in [0.1, 0.15) is 0 Å². The standard InChI is InChI=1S/C27H34N4O2S/c1-19(2)12-15-30-16-13-24(14-17-30)31(27(32)23-8-10-25(34)11-9-23)18-21-4-6-22(7-5-21)26-28-20(3)33-29-26/h4-11,19,24,34H,12-18H2,1-3H3. The first-order valence-corrected chi connectivity index (χ1v) is 12.6. The Labute approximate surface area is 207 Å². The number of amides is 1. The fourth-order valence-corrected chi connectivity index (χ4v) is 4.55. The Morgan fingerprint density at radius 2 is 1.79 bits per heavy atom. The van der Waals surface area contributed by atoms with Crippen molar-refractivity contribution in [3.8, 4) is 11.4 Å². The molecule has 6 nitrogen and oxygen atoms in total. The average Bonchev–Trinajstić information content (AvgIpc) is 3.28. The molecule has 4 rings (SSSR count). The monoisotopic (exact) mass is 478 g/mol. The summed E-state index contributed by atoms with van der Waals surface area (Å²) >= 11 is 4.37. The molecule has 0 bridgehead atoms. The molecule has 1 aliphatic heterocycles. The highest BCUT2D eigenvalue weighted by molar-refractivity contribution is 7.80. The van der Waals surface area contributed by atoms with E-state index < -0.39 is 0 Å². The van der Waals surface area contributed by atoms with Crippen LogP contribution in [0.1, 0.15) is 54.9 Å². The number of hydrogen-bond acceptors (Lipinski definition) is 6. The van der Waals surface area contributed by atoms with Crippen LogP contribution in [0.4, 0.5) is 0 Å². The number of carbonyl (C=O) groups excluding carboxylic acids is 1. The fraction of sp³-hybridized carbons (Fsp3) is 0.444. The molecule has 2 heterocycles. The maximum atomic E-state index is 13.6. The molecular weight excluding hydrogens is 444 g/mol. The van der Waals surface area contributed by atoms with E-state index in [1.807, 2.05) is 36.4 Å². The van der Waals surface area contributed by atoms with Gasteiger partial charge in [0.25, 0.3) is 5.91 Å². The molecule has 0 atom stereocenters. The van der Waals surface area contributed by atoms with Gasteiger partial charge in [0.05, 0.1) is 0 Å². The minimum Gasteiger partial charge on any atom is -0.339 e. The number of likely N-dealkylation sites (tertiary alicyclic amines) is 1. The summed E-state index contributed by atoms with van der Waals surface area (Å²) in [5.74, 6) is 1.91. The normalized spacial score (nSPS) is 15.1. The zero-order chi connectivity index (χ0) is 24.1. The van der Waals surface area contributed by atoms with Gasteiger partial charge in [-0.25, -0.2) is 0 Å². The summed E-state index contributed by atoms with van der Waals surface area (Å²) in [5, 5.41) is 4.00. The van der Waals surface area contributed by atoms with Gasteiger partial charge in [-0.3, -0.25) is 4.79 Å². The summed E-state index contributed by atoms with van der Waals surface area (Å²) in [6, 6.07) is 15.8. The van der Waals surface area contributed by atoms with E-state index in [4.69, 9.17) is 4.52 Å². The quantitative estimate of drug-likeness (QED) is 0.434. The molecule has 1 saturated heterocycles. The molecule has 1 amide bonds. The van der Waals surface area contributed by atoms with Gasteiger partial charge in [0.15, 0.2) is 0 Å². The number of rotatable bonds is 8. The minimum atomic E-state index is 0.0758. The van der Waals surface area contributed by atoms with E-state index in [2.05, 4.69) is 58.5 Å². The first-order chi connectivity index (χ1) is 16.4. The number of aromatic nitrogens is 2. The molecule has 1 fully saturated rings. The average molecular weight is 479 g/mol. The maximum Gasteiger partial charge on any atom is 0.254 e. The summed E-state index contributed by atoms with van der Waals surface area (Å²) in [6.07, 6.45) is 3.21. The highest BCUT2D eigenvalue weighted by Crippen LogP contribution is 2.24. The predicted molar refractivity (Wildman–Crippen MR) is 137 cm³/mol. The third-order valence-electron chi connectivity index (χ3n) is 6.49. The molecule has 7 heteroatoms. The van der Waals surface area contributed by atoms with Gasteiger partial charge in [0, 0.05) is 48.6 Å². The molecule has 0 aliphatic carbocycles. The van der Waals surface area contributed by atoms with Crippen LogP contribution in [0.15, 0.2) is 57.9 Å². The highest BCUT2D eigenvalue weighted by atomic mass is 32.1. The van der Waals surface area contributed by atoms with Crippen LogP contribution in [0, 0.1) is 12.8 Å². The van der Waals surface area contributed by atoms with Crippen LogP contribution in [0.2, 0.25) is 0 Å². The minimum absolute atomic E-state index is 0.0758. The van der Waals surface area contributed by atoms with Crippen molar-refractivity contribution >= 4 is 18.5 Å². The lowest BCUT2D eigenvalue weighted by Crippen LogP contribution is -2.47. The van der Waals surface area contributed by atoms with E-state index in [0.717, 1.165) is 48.5 Å². The summed E-state index contributed by atoms with van der Waals surface area (Å²) in [5.41, 5.74) is 2.70. The van der Waals surface area contributed by atoms with Crippen LogP contribution in [0.25, 0.3) is 11.4 Å². The molecule has 3 aromatic rings. The summed E-state index contributed by atoms with van der Waals surface area (Å²) in [6.45, 7) is 10.1. The Morgan fingerprint density at radius 3 is 2.38 bits per heavy atom. The Morgan fingerprint density at radius 1 is 1.12 bits per heavy atom. The first kappa shape index (κ1) is 24.5. The first-order valence-electron chi connectivity index (χ1n) is 12.1. The van der Waals surface area contributed by atoms with Crippen molar-refractivity contribution in [3.05, 3.63) is 65.5 Å². The third-order valence-corrected chi connectivity index (χ3v) is 6.79. The van der Waals surface area contributed by atoms with Crippen molar-refractivity contribution in [2.75, 3.05) is 19.6 Å². The highest BCUT2D eigenvalue weighted by Gasteiger charge is 2.29. The SMILES string of the molecule is Cc1nc(-c2ccc(CN(C(=O)c3ccc(S)cc3)C3CCN(CCC(C)C)CC3)cc2)no1. The Balaban J connectivity index is 1.49. The van der Waals surface area contributed by atoms with Gasteiger partial charge in [-0.1, -0.05) is 43.3 Å². The van der Waals surface area contributed by atoms with Crippen molar-refractivity contribution in [2.45, 2.75) is 57.5 Å². The van der Waals surface area contributed by atoms with Gasteiger partial charge < -0.3 is 14.3 Å². The maximum absolute atomic E-state index is 13.6. The van der Waals surface area contributed by atoms with Crippen LogP contribution >= 0.6 is 12.6 Å². The largest absolute Gasteiger partial charge is 0.339 e. The molecule has 0 spiro atoms. The van der Waals surface area contributed by atoms with Crippen LogP contribution in [0.5, 0.6) is 0 Å². The summed E-state index contributed by atoms with van der Waals surface area (Å²) in [7, 11) is 0. The number of piperidine rings is 1. The molecule has 0 saturated carbocycles. The van der Waals surface area contributed by atoms with Gasteiger partial charge in [-0.05, 0) is 61.6 Å². The van der Waals surface area contributed by atoms with Crippen LogP contribution in [-0.4, -0.2) is 51.5 Å². The molecule has 2 aromatic carbocycles. The molecule has 0 unspecified atom stereocenters. The second-order valence-electron chi connectivity index (χ2n) is 9.57. The lowest BCUT2D eigenvalue weighted by atomic mass is 9.99. The van der Waals surface area contributed by atoms with Crippen LogP contribution < -0.4 is 0 Å². The van der Waals surface area contributed by atoms with Gasteiger partial charge in [0.2, 0.25) is 11.7 Å². The van der Waals surface area contributed by atoms with Crippen molar-refractivity contribution in [1.82, 2.24) is 19.9 Å². The number of carbonyl (C=O) groups is 1. The molecular formula is C27H34N4O2S. The Kier molecular flexibility index (Phi) is 8.06. The lowest BCUT2D eigenvalue weighted by Gasteiger charge is -2.39. The number of hydrogen-bond donors (Lipinski definition) is 1. The molecule has 0 N–H and O–H groups in total. The number of benzene rings is 2. The van der Waals surface area contributed by atoms with Gasteiger partial charge in [-0.2, -0.15) is 4.98 Å². The van der Waals surface area contributed by atoms with E-state index in [-0.39, 0.29) is 11.9 Å². The summed E-state index contributed by atoms with van der Waals surface area (Å²) in [4.78, 5) is 23.4. The molecule has 1 aliphatic rings. The molecule has 1 aromatic heterocycles. The second-order valence-corrected chi connectivity index (χ2v) is 10.1. The number of aryl methyl sites for hydroxylation is 1. The van der Waals surface area contributed by atoms with Crippen LogP contribution in [-0.2, 0) is 6.54 Å². The van der Waals surface area contributed by atoms with Crippen molar-refractivity contribution in [3.63, 3.8) is 0 Å². The number of thiol groups is 1. The molecule has 0 radical (unpaired) electrons.